The van der Waals surface area contributed by atoms with Crippen molar-refractivity contribution in [3.05, 3.63) is 58.1 Å². The van der Waals surface area contributed by atoms with Gasteiger partial charge in [0.15, 0.2) is 23.1 Å². The highest BCUT2D eigenvalue weighted by Gasteiger charge is 2.34. The minimum atomic E-state index is -0.359. The molecule has 22 heavy (non-hydrogen) atoms. The van der Waals surface area contributed by atoms with E-state index in [1.165, 1.54) is 20.3 Å². The van der Waals surface area contributed by atoms with Crippen LogP contribution in [-0.2, 0) is 0 Å². The first-order valence-electron chi connectivity index (χ1n) is 6.51. The summed E-state index contributed by atoms with van der Waals surface area (Å²) in [7, 11) is 2.79. The number of hydrogen-bond acceptors (Lipinski definition) is 5. The van der Waals surface area contributed by atoms with Crippen LogP contribution < -0.4 is 9.47 Å². The summed E-state index contributed by atoms with van der Waals surface area (Å²) < 4.78 is 10.4. The number of nitrogens with zero attached hydrogens (tertiary/aromatic N) is 1. The van der Waals surface area contributed by atoms with Gasteiger partial charge in [-0.1, -0.05) is 24.3 Å². The van der Waals surface area contributed by atoms with Gasteiger partial charge in [0, 0.05) is 16.7 Å². The molecule has 0 aliphatic heterocycles. The maximum atomic E-state index is 12.7. The van der Waals surface area contributed by atoms with Crippen molar-refractivity contribution >= 4 is 11.6 Å². The van der Waals surface area contributed by atoms with Crippen LogP contribution in [0.2, 0.25) is 0 Å². The Labute approximate surface area is 126 Å². The number of carbonyl (C=O) groups excluding carboxylic acids is 2. The van der Waals surface area contributed by atoms with Gasteiger partial charge in [-0.05, 0) is 6.07 Å². The lowest BCUT2D eigenvalue weighted by Crippen LogP contribution is -2.22. The van der Waals surface area contributed by atoms with E-state index in [2.05, 4.69) is 0 Å². The maximum absolute atomic E-state index is 12.7. The third-order valence-electron chi connectivity index (χ3n) is 3.67. The fourth-order valence-corrected chi connectivity index (χ4v) is 2.67. The van der Waals surface area contributed by atoms with Crippen LogP contribution in [0.25, 0.3) is 0 Å². The highest BCUT2D eigenvalue weighted by molar-refractivity contribution is 6.29. The van der Waals surface area contributed by atoms with E-state index in [1.54, 1.807) is 24.3 Å². The first-order chi connectivity index (χ1) is 10.6. The van der Waals surface area contributed by atoms with E-state index in [-0.39, 0.29) is 39.8 Å². The van der Waals surface area contributed by atoms with E-state index >= 15 is 0 Å². The molecule has 0 saturated carbocycles. The Morgan fingerprint density at radius 2 is 1.59 bits per heavy atom. The highest BCUT2D eigenvalue weighted by atomic mass is 16.5. The molecule has 5 nitrogen and oxygen atoms in total. The van der Waals surface area contributed by atoms with Gasteiger partial charge in [0.1, 0.15) is 11.6 Å². The van der Waals surface area contributed by atoms with E-state index < -0.39 is 0 Å². The molecule has 0 spiro atoms. The van der Waals surface area contributed by atoms with Crippen LogP contribution >= 0.6 is 0 Å². The van der Waals surface area contributed by atoms with Crippen LogP contribution in [0.15, 0.2) is 30.3 Å². The predicted molar refractivity (Wildman–Crippen MR) is 77.6 cm³/mol. The van der Waals surface area contributed by atoms with E-state index in [1.807, 2.05) is 6.07 Å². The predicted octanol–water partition coefficient (Wildman–Crippen LogP) is 2.35. The molecule has 0 fully saturated rings. The van der Waals surface area contributed by atoms with Gasteiger partial charge in [-0.25, -0.2) is 0 Å². The van der Waals surface area contributed by atoms with Crippen LogP contribution in [0, 0.1) is 11.3 Å². The van der Waals surface area contributed by atoms with Crippen LogP contribution in [0.5, 0.6) is 11.5 Å². The normalized spacial score (nSPS) is 12.2. The van der Waals surface area contributed by atoms with E-state index in [9.17, 15) is 14.9 Å². The Kier molecular flexibility index (Phi) is 3.15. The summed E-state index contributed by atoms with van der Waals surface area (Å²) >= 11 is 0. The number of ether oxygens (including phenoxy) is 2. The Morgan fingerprint density at radius 1 is 0.955 bits per heavy atom. The summed E-state index contributed by atoms with van der Waals surface area (Å²) in [5, 5.41) is 9.43. The monoisotopic (exact) mass is 293 g/mol. The van der Waals surface area contributed by atoms with Gasteiger partial charge in [0.25, 0.3) is 0 Å². The van der Waals surface area contributed by atoms with Crippen molar-refractivity contribution in [1.82, 2.24) is 0 Å². The molecular formula is C17H11NO4. The van der Waals surface area contributed by atoms with Gasteiger partial charge in [-0.15, -0.1) is 0 Å². The molecule has 0 amide bonds. The highest BCUT2D eigenvalue weighted by Crippen LogP contribution is 2.39. The largest absolute Gasteiger partial charge is 0.493 e. The SMILES string of the molecule is COc1cc2c(c(C#N)c1OC)C(=O)c1ccccc1C2=O. The minimum Gasteiger partial charge on any atom is -0.493 e. The van der Waals surface area contributed by atoms with Crippen molar-refractivity contribution in [1.29, 1.82) is 5.26 Å². The fraction of sp³-hybridized carbons (Fsp3) is 0.118. The van der Waals surface area contributed by atoms with Gasteiger partial charge in [-0.3, -0.25) is 9.59 Å². The molecule has 0 N–H and O–H groups in total. The lowest BCUT2D eigenvalue weighted by Gasteiger charge is -2.21. The number of benzene rings is 2. The van der Waals surface area contributed by atoms with E-state index in [0.717, 1.165) is 0 Å². The summed E-state index contributed by atoms with van der Waals surface area (Å²) in [6, 6.07) is 9.96. The third kappa shape index (κ3) is 1.71. The van der Waals surface area contributed by atoms with Crippen molar-refractivity contribution in [2.24, 2.45) is 0 Å². The number of methoxy groups -OCH3 is 2. The van der Waals surface area contributed by atoms with Gasteiger partial charge in [-0.2, -0.15) is 5.26 Å². The van der Waals surface area contributed by atoms with Gasteiger partial charge in [0.05, 0.1) is 19.8 Å². The molecule has 0 atom stereocenters. The summed E-state index contributed by atoms with van der Waals surface area (Å²) in [6.07, 6.45) is 0. The molecule has 2 aromatic rings. The number of rotatable bonds is 2. The van der Waals surface area contributed by atoms with Crippen LogP contribution in [0.1, 0.15) is 37.4 Å². The summed E-state index contributed by atoms with van der Waals surface area (Å²) in [4.78, 5) is 25.3. The fourth-order valence-electron chi connectivity index (χ4n) is 2.67. The lowest BCUT2D eigenvalue weighted by molar-refractivity contribution is 0.0978. The number of nitriles is 1. The second-order valence-corrected chi connectivity index (χ2v) is 4.73. The number of hydrogen-bond donors (Lipinski definition) is 0. The molecule has 108 valence electrons. The number of carbonyl (C=O) groups is 2. The first-order valence-corrected chi connectivity index (χ1v) is 6.51. The molecule has 2 aromatic carbocycles. The van der Waals surface area contributed by atoms with Gasteiger partial charge in [0.2, 0.25) is 0 Å². The Bertz CT molecular complexity index is 862. The zero-order valence-corrected chi connectivity index (χ0v) is 12.0. The zero-order valence-electron chi connectivity index (χ0n) is 12.0. The molecule has 0 bridgehead atoms. The van der Waals surface area contributed by atoms with Gasteiger partial charge >= 0.3 is 0 Å². The zero-order chi connectivity index (χ0) is 15.9. The van der Waals surface area contributed by atoms with Crippen molar-refractivity contribution < 1.29 is 19.1 Å². The standard InChI is InChI=1S/C17H11NO4/c1-21-13-7-11-14(12(8-18)17(13)22-2)16(20)10-6-4-3-5-9(10)15(11)19/h3-7H,1-2H3. The molecule has 1 aliphatic carbocycles. The molecule has 1 aliphatic rings. The molecule has 0 aromatic heterocycles. The summed E-state index contributed by atoms with van der Waals surface area (Å²) in [5.74, 6) is -0.257. The third-order valence-corrected chi connectivity index (χ3v) is 3.67. The van der Waals surface area contributed by atoms with Crippen molar-refractivity contribution in [2.45, 2.75) is 0 Å². The topological polar surface area (TPSA) is 76.4 Å². The van der Waals surface area contributed by atoms with Crippen LogP contribution in [-0.4, -0.2) is 25.8 Å². The smallest absolute Gasteiger partial charge is 0.195 e. The van der Waals surface area contributed by atoms with Crippen molar-refractivity contribution in [2.75, 3.05) is 14.2 Å². The van der Waals surface area contributed by atoms with Crippen LogP contribution in [0.4, 0.5) is 0 Å². The first kappa shape index (κ1) is 13.8. The Balaban J connectivity index is 2.41. The second kappa shape index (κ2) is 5.01. The molecule has 5 heteroatoms. The molecule has 0 saturated heterocycles. The van der Waals surface area contributed by atoms with E-state index in [0.29, 0.717) is 11.1 Å². The summed E-state index contributed by atoms with van der Waals surface area (Å²) in [6.45, 7) is 0. The maximum Gasteiger partial charge on any atom is 0.195 e. The molecule has 0 heterocycles. The molecule has 3 rings (SSSR count). The lowest BCUT2D eigenvalue weighted by atomic mass is 9.81. The number of ketones is 2. The molecule has 0 radical (unpaired) electrons. The van der Waals surface area contributed by atoms with Crippen LogP contribution in [0.3, 0.4) is 0 Å². The van der Waals surface area contributed by atoms with Gasteiger partial charge < -0.3 is 9.47 Å². The molecular weight excluding hydrogens is 282 g/mol. The second-order valence-electron chi connectivity index (χ2n) is 4.73. The van der Waals surface area contributed by atoms with Crippen molar-refractivity contribution in [3.8, 4) is 17.6 Å². The Morgan fingerprint density at radius 3 is 2.14 bits per heavy atom. The van der Waals surface area contributed by atoms with E-state index in [4.69, 9.17) is 9.47 Å². The molecule has 0 unspecified atom stereocenters. The average Bonchev–Trinajstić information content (AvgIpc) is 2.57. The average molecular weight is 293 g/mol. The van der Waals surface area contributed by atoms with Crippen molar-refractivity contribution in [3.63, 3.8) is 0 Å². The quantitative estimate of drug-likeness (QED) is 0.725. The summed E-state index contributed by atoms with van der Waals surface area (Å²) in [5.41, 5.74) is 0.881. The minimum absolute atomic E-state index is 0.0182. The number of fused-ring (bicyclic) bond motifs is 2. The Hall–Kier alpha value is -3.13.